The maximum atomic E-state index is 13.7. The Kier molecular flexibility index (Phi) is 8.49. The lowest BCUT2D eigenvalue weighted by molar-refractivity contribution is -0.292. The second kappa shape index (κ2) is 11.8. The minimum absolute atomic E-state index is 0.0209. The number of benzene rings is 2. The third-order valence-electron chi connectivity index (χ3n) is 5.83. The van der Waals surface area contributed by atoms with Crippen molar-refractivity contribution >= 4 is 29.1 Å². The van der Waals surface area contributed by atoms with Gasteiger partial charge in [0.25, 0.3) is 17.6 Å². The van der Waals surface area contributed by atoms with E-state index in [9.17, 15) is 36.8 Å². The molecule has 0 aliphatic carbocycles. The van der Waals surface area contributed by atoms with Crippen LogP contribution in [-0.2, 0) is 12.5 Å². The van der Waals surface area contributed by atoms with Crippen molar-refractivity contribution in [2.45, 2.75) is 45.5 Å². The van der Waals surface area contributed by atoms with Crippen LogP contribution >= 0.6 is 11.6 Å². The van der Waals surface area contributed by atoms with Crippen LogP contribution in [0.15, 0.2) is 42.5 Å². The van der Waals surface area contributed by atoms with E-state index in [1.807, 2.05) is 6.07 Å². The van der Waals surface area contributed by atoms with Gasteiger partial charge in [0.15, 0.2) is 0 Å². The molecule has 2 aromatic heterocycles. The normalized spacial score (nSPS) is 11.8. The van der Waals surface area contributed by atoms with Gasteiger partial charge < -0.3 is 10.6 Å². The monoisotopic (exact) mass is 621 g/mol. The van der Waals surface area contributed by atoms with E-state index in [0.29, 0.717) is 10.4 Å². The fraction of sp³-hybridized carbons (Fsp3) is 0.269. The van der Waals surface area contributed by atoms with Crippen LogP contribution in [0.2, 0.25) is 5.02 Å². The molecule has 0 saturated carbocycles. The molecule has 0 unspecified atom stereocenters. The number of alkyl halides is 5. The Bertz CT molecular complexity index is 1740. The molecular weight excluding hydrogens is 601 g/mol. The molecule has 0 fully saturated rings. The minimum atomic E-state index is -5.94. The lowest BCUT2D eigenvalue weighted by Gasteiger charge is -2.16. The van der Waals surface area contributed by atoms with Crippen molar-refractivity contribution < 1.29 is 31.5 Å². The van der Waals surface area contributed by atoms with Crippen molar-refractivity contribution in [2.24, 2.45) is 0 Å². The van der Waals surface area contributed by atoms with Crippen LogP contribution in [0.3, 0.4) is 0 Å². The fourth-order valence-electron chi connectivity index (χ4n) is 3.90. The lowest BCUT2D eigenvalue weighted by Crippen LogP contribution is -2.35. The first-order valence-electron chi connectivity index (χ1n) is 12.4. The third kappa shape index (κ3) is 6.46. The van der Waals surface area contributed by atoms with Crippen LogP contribution in [-0.4, -0.2) is 54.0 Å². The van der Waals surface area contributed by atoms with E-state index >= 15 is 0 Å². The second-order valence-electron chi connectivity index (χ2n) is 9.51. The summed E-state index contributed by atoms with van der Waals surface area (Å²) in [6.45, 7) is 4.51. The highest BCUT2D eigenvalue weighted by Crippen LogP contribution is 2.41. The number of aromatic nitrogens is 6. The summed E-state index contributed by atoms with van der Waals surface area (Å²) in [4.78, 5) is 27.1. The number of anilines is 1. The molecule has 0 atom stereocenters. The summed E-state index contributed by atoms with van der Waals surface area (Å²) < 4.78 is 66.7. The van der Waals surface area contributed by atoms with Gasteiger partial charge in [-0.05, 0) is 61.9 Å². The van der Waals surface area contributed by atoms with Crippen LogP contribution < -0.4 is 10.6 Å². The SMILES string of the molecule is Cc1cc(C#N)cc(C(=O)NC(C)C)c1NC(=O)c1cc(Cn2nnc(C(F)(F)C(F)(F)F)n2)nn1-c1ccccc1Cl. The molecule has 224 valence electrons. The number of carbonyl (C=O) groups excluding carboxylic acids is 2. The molecular formula is C26H21ClF5N9O2. The van der Waals surface area contributed by atoms with Crippen LogP contribution in [0.25, 0.3) is 5.69 Å². The van der Waals surface area contributed by atoms with Crippen LogP contribution in [0.5, 0.6) is 0 Å². The van der Waals surface area contributed by atoms with Crippen molar-refractivity contribution in [3.8, 4) is 11.8 Å². The smallest absolute Gasteiger partial charge is 0.350 e. The Morgan fingerprint density at radius 3 is 2.40 bits per heavy atom. The standard InChI is InChI=1S/C26H21ClF5N9O2/c1-13(2)34-22(42)17-9-15(11-33)8-14(3)21(17)35-23(43)20-10-16(37-41(20)19-7-5-4-6-18(19)27)12-40-38-24(36-39-40)25(28,29)26(30,31)32/h4-10,13H,12H2,1-3H3,(H,34,42)(H,35,43). The van der Waals surface area contributed by atoms with Gasteiger partial charge in [-0.25, -0.2) is 4.68 Å². The summed E-state index contributed by atoms with van der Waals surface area (Å²) in [6, 6.07) is 12.0. The maximum Gasteiger partial charge on any atom is 0.461 e. The Balaban J connectivity index is 1.75. The average Bonchev–Trinajstić information content (AvgIpc) is 3.57. The van der Waals surface area contributed by atoms with Crippen LogP contribution in [0.1, 0.15) is 57.3 Å². The molecule has 17 heteroatoms. The third-order valence-corrected chi connectivity index (χ3v) is 6.15. The van der Waals surface area contributed by atoms with Crippen molar-refractivity contribution in [2.75, 3.05) is 5.32 Å². The van der Waals surface area contributed by atoms with Gasteiger partial charge in [-0.1, -0.05) is 23.7 Å². The Morgan fingerprint density at radius 1 is 1.07 bits per heavy atom. The second-order valence-corrected chi connectivity index (χ2v) is 9.92. The zero-order valence-electron chi connectivity index (χ0n) is 22.5. The Morgan fingerprint density at radius 2 is 1.77 bits per heavy atom. The summed E-state index contributed by atoms with van der Waals surface area (Å²) >= 11 is 6.33. The average molecular weight is 622 g/mol. The highest BCUT2D eigenvalue weighted by molar-refractivity contribution is 6.32. The van der Waals surface area contributed by atoms with E-state index in [0.717, 1.165) is 4.68 Å². The molecule has 0 aliphatic heterocycles. The van der Waals surface area contributed by atoms with E-state index in [1.165, 1.54) is 30.3 Å². The molecule has 11 nitrogen and oxygen atoms in total. The molecule has 0 spiro atoms. The zero-order chi connectivity index (χ0) is 31.7. The first-order valence-corrected chi connectivity index (χ1v) is 12.7. The molecule has 0 aliphatic rings. The van der Waals surface area contributed by atoms with E-state index < -0.39 is 36.3 Å². The first-order chi connectivity index (χ1) is 20.1. The quantitative estimate of drug-likeness (QED) is 0.269. The molecule has 2 amide bonds. The van der Waals surface area contributed by atoms with Gasteiger partial charge >= 0.3 is 12.1 Å². The minimum Gasteiger partial charge on any atom is -0.350 e. The first kappa shape index (κ1) is 31.0. The van der Waals surface area contributed by atoms with Crippen molar-refractivity contribution in [3.63, 3.8) is 0 Å². The number of para-hydroxylation sites is 1. The Hall–Kier alpha value is -4.91. The van der Waals surface area contributed by atoms with Gasteiger partial charge in [0, 0.05) is 6.04 Å². The maximum absolute atomic E-state index is 13.7. The summed E-state index contributed by atoms with van der Waals surface area (Å²) in [5, 5.41) is 28.4. The number of nitrogens with zero attached hydrogens (tertiary/aromatic N) is 7. The number of hydrogen-bond acceptors (Lipinski definition) is 7. The van der Waals surface area contributed by atoms with Crippen molar-refractivity contribution in [3.05, 3.63) is 81.4 Å². The molecule has 4 rings (SSSR count). The topological polar surface area (TPSA) is 143 Å². The van der Waals surface area contributed by atoms with Gasteiger partial charge in [-0.15, -0.1) is 10.2 Å². The van der Waals surface area contributed by atoms with E-state index in [1.54, 1.807) is 32.9 Å². The molecule has 0 radical (unpaired) electrons. The molecule has 2 N–H and O–H groups in total. The predicted molar refractivity (Wildman–Crippen MR) is 142 cm³/mol. The summed E-state index contributed by atoms with van der Waals surface area (Å²) in [5.74, 6) is -8.53. The van der Waals surface area contributed by atoms with Gasteiger partial charge in [0.05, 0.1) is 39.3 Å². The number of hydrogen-bond donors (Lipinski definition) is 2. The molecule has 2 heterocycles. The summed E-state index contributed by atoms with van der Waals surface area (Å²) in [5.41, 5.74) is 0.756. The molecule has 0 saturated heterocycles. The van der Waals surface area contributed by atoms with Gasteiger partial charge in [0.2, 0.25) is 0 Å². The van der Waals surface area contributed by atoms with Crippen LogP contribution in [0.4, 0.5) is 27.6 Å². The summed E-state index contributed by atoms with van der Waals surface area (Å²) in [6.07, 6.45) is -5.94. The molecule has 4 aromatic rings. The summed E-state index contributed by atoms with van der Waals surface area (Å²) in [7, 11) is 0. The highest BCUT2D eigenvalue weighted by atomic mass is 35.5. The fourth-order valence-corrected chi connectivity index (χ4v) is 4.11. The molecule has 43 heavy (non-hydrogen) atoms. The predicted octanol–water partition coefficient (Wildman–Crippen LogP) is 4.79. The largest absolute Gasteiger partial charge is 0.461 e. The van der Waals surface area contributed by atoms with Crippen molar-refractivity contribution in [1.29, 1.82) is 5.26 Å². The number of nitrogens with one attached hydrogen (secondary N) is 2. The number of rotatable bonds is 8. The van der Waals surface area contributed by atoms with E-state index in [4.69, 9.17) is 11.6 Å². The van der Waals surface area contributed by atoms with Gasteiger partial charge in [0.1, 0.15) is 12.2 Å². The zero-order valence-corrected chi connectivity index (χ0v) is 23.3. The lowest BCUT2D eigenvalue weighted by atomic mass is 10.0. The number of nitriles is 1. The van der Waals surface area contributed by atoms with Gasteiger partial charge in [-0.3, -0.25) is 9.59 Å². The number of carbonyl (C=O) groups is 2. The number of halogens is 6. The van der Waals surface area contributed by atoms with Crippen molar-refractivity contribution in [1.82, 2.24) is 35.3 Å². The number of tetrazole rings is 1. The molecule has 2 aromatic carbocycles. The number of aryl methyl sites for hydroxylation is 1. The number of amides is 2. The van der Waals surface area contributed by atoms with E-state index in [-0.39, 0.29) is 45.0 Å². The highest BCUT2D eigenvalue weighted by Gasteiger charge is 2.62. The van der Waals surface area contributed by atoms with Gasteiger partial charge in [-0.2, -0.15) is 37.1 Å². The van der Waals surface area contributed by atoms with E-state index in [2.05, 4.69) is 31.1 Å². The molecule has 0 bridgehead atoms. The van der Waals surface area contributed by atoms with Crippen LogP contribution in [0, 0.1) is 18.3 Å². The Labute approximate surface area is 245 Å².